The number of esters is 1. The van der Waals surface area contributed by atoms with E-state index in [0.717, 1.165) is 5.39 Å². The van der Waals surface area contributed by atoms with E-state index in [1.54, 1.807) is 66.6 Å². The highest BCUT2D eigenvalue weighted by Gasteiger charge is 2.17. The van der Waals surface area contributed by atoms with Crippen LogP contribution in [0.3, 0.4) is 0 Å². The molecular weight excluding hydrogens is 436 g/mol. The SMILES string of the molecule is COCCN(C(=N)N)c1ccc(C(=O)Oc2ccc3cc(C(=N)N)ccc3c2CC(N)=O)cc1. The number of nitrogen functional groups attached to an aromatic ring is 1. The molecule has 0 heterocycles. The van der Waals surface area contributed by atoms with Gasteiger partial charge in [-0.25, -0.2) is 4.79 Å². The Morgan fingerprint density at radius 3 is 2.21 bits per heavy atom. The lowest BCUT2D eigenvalue weighted by Gasteiger charge is -2.22. The molecule has 3 aromatic carbocycles. The molecule has 0 bridgehead atoms. The molecule has 3 rings (SSSR count). The summed E-state index contributed by atoms with van der Waals surface area (Å²) >= 11 is 0. The molecule has 176 valence electrons. The molecule has 1 amide bonds. The Balaban J connectivity index is 1.90. The van der Waals surface area contributed by atoms with Gasteiger partial charge in [-0.1, -0.05) is 18.2 Å². The van der Waals surface area contributed by atoms with Crippen molar-refractivity contribution in [2.24, 2.45) is 17.2 Å². The summed E-state index contributed by atoms with van der Waals surface area (Å²) in [5, 5.41) is 16.7. The number of carbonyl (C=O) groups is 2. The second-order valence-corrected chi connectivity index (χ2v) is 7.50. The van der Waals surface area contributed by atoms with Gasteiger partial charge in [0.2, 0.25) is 5.91 Å². The number of methoxy groups -OCH3 is 1. The van der Waals surface area contributed by atoms with Gasteiger partial charge >= 0.3 is 5.97 Å². The van der Waals surface area contributed by atoms with Gasteiger partial charge < -0.3 is 31.6 Å². The molecule has 3 aromatic rings. The third-order valence-corrected chi connectivity index (χ3v) is 5.18. The summed E-state index contributed by atoms with van der Waals surface area (Å²) in [6.07, 6.45) is -0.134. The number of amidine groups is 1. The predicted molar refractivity (Wildman–Crippen MR) is 130 cm³/mol. The van der Waals surface area contributed by atoms with Crippen molar-refractivity contribution in [3.8, 4) is 5.75 Å². The number of amides is 1. The third-order valence-electron chi connectivity index (χ3n) is 5.18. The number of primary amides is 1. The zero-order valence-electron chi connectivity index (χ0n) is 18.6. The molecule has 8 N–H and O–H groups in total. The van der Waals surface area contributed by atoms with Crippen LogP contribution in [0.4, 0.5) is 5.69 Å². The topological polar surface area (TPSA) is 182 Å². The van der Waals surface area contributed by atoms with E-state index in [1.807, 2.05) is 0 Å². The number of hydrogen-bond acceptors (Lipinski definition) is 6. The van der Waals surface area contributed by atoms with E-state index in [1.165, 1.54) is 0 Å². The quantitative estimate of drug-likeness (QED) is 0.139. The van der Waals surface area contributed by atoms with Crippen LogP contribution in [0.2, 0.25) is 0 Å². The van der Waals surface area contributed by atoms with Crippen molar-refractivity contribution in [1.82, 2.24) is 0 Å². The summed E-state index contributed by atoms with van der Waals surface area (Å²) in [4.78, 5) is 26.1. The van der Waals surface area contributed by atoms with E-state index in [2.05, 4.69) is 0 Å². The minimum Gasteiger partial charge on any atom is -0.423 e. The first-order chi connectivity index (χ1) is 16.2. The van der Waals surface area contributed by atoms with Crippen LogP contribution in [0.1, 0.15) is 21.5 Å². The molecule has 0 radical (unpaired) electrons. The molecule has 0 saturated carbocycles. The smallest absolute Gasteiger partial charge is 0.343 e. The molecule has 10 nitrogen and oxygen atoms in total. The van der Waals surface area contributed by atoms with Gasteiger partial charge in [-0.15, -0.1) is 0 Å². The van der Waals surface area contributed by atoms with Crippen molar-refractivity contribution in [3.63, 3.8) is 0 Å². The van der Waals surface area contributed by atoms with Gasteiger partial charge in [0.15, 0.2) is 5.96 Å². The fourth-order valence-corrected chi connectivity index (χ4v) is 3.50. The number of rotatable bonds is 9. The first-order valence-corrected chi connectivity index (χ1v) is 10.3. The van der Waals surface area contributed by atoms with Crippen LogP contribution in [-0.4, -0.2) is 43.9 Å². The highest BCUT2D eigenvalue weighted by atomic mass is 16.5. The molecule has 0 aliphatic rings. The normalized spacial score (nSPS) is 10.6. The van der Waals surface area contributed by atoms with E-state index in [4.69, 9.17) is 37.5 Å². The minimum atomic E-state index is -0.622. The first-order valence-electron chi connectivity index (χ1n) is 10.3. The lowest BCUT2D eigenvalue weighted by molar-refractivity contribution is -0.117. The first kappa shape index (κ1) is 24.2. The second kappa shape index (κ2) is 10.5. The zero-order chi connectivity index (χ0) is 24.8. The predicted octanol–water partition coefficient (Wildman–Crippen LogP) is 1.72. The number of guanidine groups is 1. The van der Waals surface area contributed by atoms with E-state index in [9.17, 15) is 9.59 Å². The van der Waals surface area contributed by atoms with Crippen LogP contribution in [0.15, 0.2) is 54.6 Å². The zero-order valence-corrected chi connectivity index (χ0v) is 18.6. The molecule has 0 saturated heterocycles. The van der Waals surface area contributed by atoms with Gasteiger partial charge in [-0.3, -0.25) is 15.6 Å². The van der Waals surface area contributed by atoms with Crippen LogP contribution >= 0.6 is 0 Å². The Morgan fingerprint density at radius 1 is 0.941 bits per heavy atom. The Labute approximate surface area is 196 Å². The van der Waals surface area contributed by atoms with Crippen molar-refractivity contribution in [2.75, 3.05) is 25.2 Å². The number of fused-ring (bicyclic) bond motifs is 1. The second-order valence-electron chi connectivity index (χ2n) is 7.50. The van der Waals surface area contributed by atoms with Crippen LogP contribution < -0.4 is 26.8 Å². The van der Waals surface area contributed by atoms with Crippen molar-refractivity contribution in [1.29, 1.82) is 10.8 Å². The van der Waals surface area contributed by atoms with Crippen molar-refractivity contribution in [3.05, 3.63) is 71.3 Å². The lowest BCUT2D eigenvalue weighted by Crippen LogP contribution is -2.38. The average molecular weight is 463 g/mol. The summed E-state index contributed by atoms with van der Waals surface area (Å²) in [5.41, 5.74) is 18.5. The summed E-state index contributed by atoms with van der Waals surface area (Å²) in [7, 11) is 1.55. The Morgan fingerprint density at radius 2 is 1.62 bits per heavy atom. The van der Waals surface area contributed by atoms with E-state index in [-0.39, 0.29) is 29.5 Å². The molecular formula is C24H26N6O4. The van der Waals surface area contributed by atoms with Gasteiger partial charge in [0.25, 0.3) is 0 Å². The molecule has 0 aliphatic heterocycles. The molecule has 10 heteroatoms. The van der Waals surface area contributed by atoms with Crippen molar-refractivity contribution in [2.45, 2.75) is 6.42 Å². The molecule has 0 spiro atoms. The van der Waals surface area contributed by atoms with E-state index in [0.29, 0.717) is 35.4 Å². The molecule has 34 heavy (non-hydrogen) atoms. The summed E-state index contributed by atoms with van der Waals surface area (Å²) in [6, 6.07) is 14.8. The number of ether oxygens (including phenoxy) is 2. The number of nitrogens with zero attached hydrogens (tertiary/aromatic N) is 1. The molecule has 0 unspecified atom stereocenters. The number of benzene rings is 3. The maximum absolute atomic E-state index is 12.8. The summed E-state index contributed by atoms with van der Waals surface area (Å²) in [5.74, 6) is -1.22. The Kier molecular flexibility index (Phi) is 7.44. The number of nitrogens with one attached hydrogen (secondary N) is 2. The summed E-state index contributed by atoms with van der Waals surface area (Å²) < 4.78 is 10.7. The molecule has 0 atom stereocenters. The standard InChI is InChI=1S/C24H26N6O4/c1-33-11-10-30(24(28)29)17-6-2-14(3-7-17)23(32)34-20-9-5-15-12-16(22(26)27)4-8-18(15)19(20)13-21(25)31/h2-9,12H,10-11,13H2,1H3,(H2,25,31)(H3,26,27)(H3,28,29). The van der Waals surface area contributed by atoms with E-state index < -0.39 is 11.9 Å². The Bertz CT molecular complexity index is 1260. The van der Waals surface area contributed by atoms with E-state index >= 15 is 0 Å². The van der Waals surface area contributed by atoms with Crippen LogP contribution in [0.25, 0.3) is 10.8 Å². The van der Waals surface area contributed by atoms with Crippen LogP contribution in [0, 0.1) is 10.8 Å². The lowest BCUT2D eigenvalue weighted by atomic mass is 9.98. The molecule has 0 aromatic heterocycles. The highest BCUT2D eigenvalue weighted by molar-refractivity contribution is 6.01. The number of hydrogen-bond donors (Lipinski definition) is 5. The van der Waals surface area contributed by atoms with Crippen molar-refractivity contribution < 1.29 is 19.1 Å². The van der Waals surface area contributed by atoms with Crippen LogP contribution in [0.5, 0.6) is 5.75 Å². The van der Waals surface area contributed by atoms with Gasteiger partial charge in [0.05, 0.1) is 18.6 Å². The fraction of sp³-hybridized carbons (Fsp3) is 0.167. The average Bonchev–Trinajstić information content (AvgIpc) is 2.80. The van der Waals surface area contributed by atoms with Gasteiger partial charge in [-0.05, 0) is 47.2 Å². The number of anilines is 1. The third kappa shape index (κ3) is 5.48. The number of nitrogens with two attached hydrogens (primary N) is 3. The summed E-state index contributed by atoms with van der Waals surface area (Å²) in [6.45, 7) is 0.760. The number of carbonyl (C=O) groups excluding carboxylic acids is 2. The maximum atomic E-state index is 12.8. The van der Waals surface area contributed by atoms with Crippen molar-refractivity contribution >= 4 is 40.1 Å². The van der Waals surface area contributed by atoms with Gasteiger partial charge in [0, 0.05) is 30.5 Å². The largest absolute Gasteiger partial charge is 0.423 e. The molecule has 0 aliphatic carbocycles. The maximum Gasteiger partial charge on any atom is 0.343 e. The molecule has 0 fully saturated rings. The van der Waals surface area contributed by atoms with Crippen LogP contribution in [-0.2, 0) is 16.0 Å². The fourth-order valence-electron chi connectivity index (χ4n) is 3.50. The monoisotopic (exact) mass is 462 g/mol. The Hall–Kier alpha value is -4.44. The van der Waals surface area contributed by atoms with Gasteiger partial charge in [-0.2, -0.15) is 0 Å². The highest BCUT2D eigenvalue weighted by Crippen LogP contribution is 2.30. The van der Waals surface area contributed by atoms with Gasteiger partial charge in [0.1, 0.15) is 11.6 Å². The minimum absolute atomic E-state index is 0.0807.